The van der Waals surface area contributed by atoms with Gasteiger partial charge in [-0.2, -0.15) is 11.8 Å². The summed E-state index contributed by atoms with van der Waals surface area (Å²) < 4.78 is 0. The number of guanidine groups is 1. The number of hydrogen-bond donors (Lipinski definition) is 3. The molecule has 20 heavy (non-hydrogen) atoms. The maximum absolute atomic E-state index is 11.5. The fourth-order valence-corrected chi connectivity index (χ4v) is 3.66. The van der Waals surface area contributed by atoms with Crippen molar-refractivity contribution in [3.63, 3.8) is 0 Å². The van der Waals surface area contributed by atoms with Gasteiger partial charge in [0, 0.05) is 11.3 Å². The Labute approximate surface area is 123 Å². The maximum Gasteiger partial charge on any atom is 0.250 e. The summed E-state index contributed by atoms with van der Waals surface area (Å²) in [6.45, 7) is 0. The molecule has 1 atom stereocenters. The number of nitrogens with two attached hydrogens (primary N) is 1. The minimum absolute atomic E-state index is 0.337. The van der Waals surface area contributed by atoms with Crippen LogP contribution >= 0.6 is 11.8 Å². The Kier molecular flexibility index (Phi) is 5.24. The lowest BCUT2D eigenvalue weighted by Gasteiger charge is -2.23. The Morgan fingerprint density at radius 3 is 2.90 bits per heavy atom. The molecule has 1 aliphatic rings. The molecule has 106 valence electrons. The topological polar surface area (TPSA) is 79.0 Å². The van der Waals surface area contributed by atoms with Crippen molar-refractivity contribution in [1.29, 1.82) is 5.41 Å². The zero-order valence-electron chi connectivity index (χ0n) is 11.3. The van der Waals surface area contributed by atoms with E-state index in [-0.39, 0.29) is 11.9 Å². The highest BCUT2D eigenvalue weighted by Crippen LogP contribution is 2.39. The predicted molar refractivity (Wildman–Crippen MR) is 84.6 cm³/mol. The third-order valence-corrected chi connectivity index (χ3v) is 4.61. The summed E-state index contributed by atoms with van der Waals surface area (Å²) in [4.78, 5) is 11.5. The fraction of sp³-hybridized carbons (Fsp3) is 0.333. The van der Waals surface area contributed by atoms with Crippen LogP contribution in [-0.2, 0) is 4.79 Å². The van der Waals surface area contributed by atoms with Crippen LogP contribution in [0.25, 0.3) is 6.08 Å². The van der Waals surface area contributed by atoms with Crippen LogP contribution in [0.2, 0.25) is 0 Å². The van der Waals surface area contributed by atoms with E-state index in [1.807, 2.05) is 30.0 Å². The SMILES string of the molecule is N=C(N)NC(=O)/C=C/c1ccccc1C1CCCCS1. The van der Waals surface area contributed by atoms with Gasteiger partial charge in [-0.1, -0.05) is 30.7 Å². The average molecular weight is 289 g/mol. The van der Waals surface area contributed by atoms with Crippen LogP contribution in [0.5, 0.6) is 0 Å². The molecule has 1 unspecified atom stereocenters. The van der Waals surface area contributed by atoms with Gasteiger partial charge < -0.3 is 5.73 Å². The van der Waals surface area contributed by atoms with E-state index < -0.39 is 0 Å². The van der Waals surface area contributed by atoms with Crippen molar-refractivity contribution in [2.24, 2.45) is 5.73 Å². The smallest absolute Gasteiger partial charge is 0.250 e. The molecular formula is C15H19N3OS. The fourth-order valence-electron chi connectivity index (χ4n) is 2.28. The van der Waals surface area contributed by atoms with Gasteiger partial charge in [-0.3, -0.25) is 15.5 Å². The average Bonchev–Trinajstić information content (AvgIpc) is 2.46. The largest absolute Gasteiger partial charge is 0.370 e. The van der Waals surface area contributed by atoms with E-state index in [9.17, 15) is 4.79 Å². The van der Waals surface area contributed by atoms with Crippen molar-refractivity contribution in [3.05, 3.63) is 41.5 Å². The van der Waals surface area contributed by atoms with E-state index in [1.165, 1.54) is 36.7 Å². The highest BCUT2D eigenvalue weighted by atomic mass is 32.2. The summed E-state index contributed by atoms with van der Waals surface area (Å²) in [5.74, 6) is 0.493. The molecule has 0 saturated carbocycles. The molecular weight excluding hydrogens is 270 g/mol. The highest BCUT2D eigenvalue weighted by molar-refractivity contribution is 7.99. The Bertz CT molecular complexity index is 522. The van der Waals surface area contributed by atoms with E-state index in [4.69, 9.17) is 11.1 Å². The molecule has 0 spiro atoms. The first-order valence-corrected chi connectivity index (χ1v) is 7.75. The number of hydrogen-bond acceptors (Lipinski definition) is 3. The molecule has 4 nitrogen and oxygen atoms in total. The number of rotatable bonds is 3. The van der Waals surface area contributed by atoms with Crippen molar-refractivity contribution in [3.8, 4) is 0 Å². The zero-order valence-corrected chi connectivity index (χ0v) is 12.1. The third-order valence-electron chi connectivity index (χ3n) is 3.19. The predicted octanol–water partition coefficient (Wildman–Crippen LogP) is 2.67. The Morgan fingerprint density at radius 1 is 1.40 bits per heavy atom. The van der Waals surface area contributed by atoms with Gasteiger partial charge in [-0.15, -0.1) is 0 Å². The Balaban J connectivity index is 2.13. The van der Waals surface area contributed by atoms with E-state index >= 15 is 0 Å². The summed E-state index contributed by atoms with van der Waals surface area (Å²) >= 11 is 1.99. The second-order valence-corrected chi connectivity index (χ2v) is 6.03. The van der Waals surface area contributed by atoms with Crippen molar-refractivity contribution in [2.75, 3.05) is 5.75 Å². The van der Waals surface area contributed by atoms with Gasteiger partial charge in [0.25, 0.3) is 5.91 Å². The molecule has 5 heteroatoms. The van der Waals surface area contributed by atoms with Crippen LogP contribution < -0.4 is 11.1 Å². The number of thioether (sulfide) groups is 1. The highest BCUT2D eigenvalue weighted by Gasteiger charge is 2.17. The summed E-state index contributed by atoms with van der Waals surface area (Å²) in [7, 11) is 0. The lowest BCUT2D eigenvalue weighted by Crippen LogP contribution is -2.34. The van der Waals surface area contributed by atoms with Crippen LogP contribution in [0.4, 0.5) is 0 Å². The van der Waals surface area contributed by atoms with E-state index in [0.29, 0.717) is 5.25 Å². The Morgan fingerprint density at radius 2 is 2.20 bits per heavy atom. The maximum atomic E-state index is 11.5. The monoisotopic (exact) mass is 289 g/mol. The van der Waals surface area contributed by atoms with Gasteiger partial charge in [0.2, 0.25) is 0 Å². The van der Waals surface area contributed by atoms with Crippen LogP contribution in [-0.4, -0.2) is 17.6 Å². The van der Waals surface area contributed by atoms with Gasteiger partial charge in [0.15, 0.2) is 5.96 Å². The normalized spacial score (nSPS) is 18.9. The van der Waals surface area contributed by atoms with Crippen molar-refractivity contribution >= 4 is 29.7 Å². The first-order chi connectivity index (χ1) is 9.66. The number of nitrogens with one attached hydrogen (secondary N) is 2. The number of amides is 1. The van der Waals surface area contributed by atoms with E-state index in [2.05, 4.69) is 11.4 Å². The zero-order chi connectivity index (χ0) is 14.4. The number of benzene rings is 1. The van der Waals surface area contributed by atoms with Crippen molar-refractivity contribution < 1.29 is 4.79 Å². The number of carbonyl (C=O) groups excluding carboxylic acids is 1. The first-order valence-electron chi connectivity index (χ1n) is 6.70. The quantitative estimate of drug-likeness (QED) is 0.455. The second-order valence-electron chi connectivity index (χ2n) is 4.72. The standard InChI is InChI=1S/C15H19N3OS/c16-15(17)18-14(19)9-8-11-5-1-2-6-12(11)13-7-3-4-10-20-13/h1-2,5-6,8-9,13H,3-4,7,10H2,(H4,16,17,18,19)/b9-8+. The molecule has 1 heterocycles. The molecule has 1 fully saturated rings. The molecule has 1 aliphatic heterocycles. The van der Waals surface area contributed by atoms with Gasteiger partial charge in [0.1, 0.15) is 0 Å². The van der Waals surface area contributed by atoms with Gasteiger partial charge >= 0.3 is 0 Å². The summed E-state index contributed by atoms with van der Waals surface area (Å²) in [5.41, 5.74) is 7.47. The lowest BCUT2D eigenvalue weighted by atomic mass is 10.00. The molecule has 0 aliphatic carbocycles. The first kappa shape index (κ1) is 14.7. The molecule has 0 bridgehead atoms. The van der Waals surface area contributed by atoms with Gasteiger partial charge in [0.05, 0.1) is 0 Å². The van der Waals surface area contributed by atoms with E-state index in [0.717, 1.165) is 5.56 Å². The molecule has 0 radical (unpaired) electrons. The molecule has 0 aromatic heterocycles. The molecule has 1 saturated heterocycles. The third kappa shape index (κ3) is 4.13. The Hall–Kier alpha value is -1.75. The molecule has 4 N–H and O–H groups in total. The van der Waals surface area contributed by atoms with Crippen LogP contribution in [0, 0.1) is 5.41 Å². The lowest BCUT2D eigenvalue weighted by molar-refractivity contribution is -0.115. The summed E-state index contributed by atoms with van der Waals surface area (Å²) in [6, 6.07) is 8.16. The van der Waals surface area contributed by atoms with Crippen LogP contribution in [0.1, 0.15) is 35.6 Å². The van der Waals surface area contributed by atoms with E-state index in [1.54, 1.807) is 6.08 Å². The molecule has 1 aromatic rings. The van der Waals surface area contributed by atoms with Crippen molar-refractivity contribution in [1.82, 2.24) is 5.32 Å². The summed E-state index contributed by atoms with van der Waals surface area (Å²) in [5, 5.41) is 9.78. The molecule has 1 amide bonds. The van der Waals surface area contributed by atoms with Gasteiger partial charge in [-0.25, -0.2) is 0 Å². The molecule has 1 aromatic carbocycles. The minimum Gasteiger partial charge on any atom is -0.370 e. The minimum atomic E-state index is -0.372. The van der Waals surface area contributed by atoms with Crippen LogP contribution in [0.15, 0.2) is 30.3 Å². The second kappa shape index (κ2) is 7.14. The van der Waals surface area contributed by atoms with Crippen molar-refractivity contribution in [2.45, 2.75) is 24.5 Å². The molecule has 2 rings (SSSR count). The summed E-state index contributed by atoms with van der Waals surface area (Å²) in [6.07, 6.45) is 6.96. The van der Waals surface area contributed by atoms with Crippen LogP contribution in [0.3, 0.4) is 0 Å². The number of carbonyl (C=O) groups is 1. The van der Waals surface area contributed by atoms with Gasteiger partial charge in [-0.05, 0) is 35.8 Å².